The predicted octanol–water partition coefficient (Wildman–Crippen LogP) is 6.37. The summed E-state index contributed by atoms with van der Waals surface area (Å²) in [5.41, 5.74) is 0. The lowest BCUT2D eigenvalue weighted by atomic mass is 10.1. The predicted molar refractivity (Wildman–Crippen MR) is 84.8 cm³/mol. The summed E-state index contributed by atoms with van der Waals surface area (Å²) in [7, 11) is 0. The minimum absolute atomic E-state index is 1.08. The van der Waals surface area contributed by atoms with Crippen LogP contribution in [0.1, 0.15) is 65.2 Å². The highest BCUT2D eigenvalue weighted by Gasteiger charge is 1.83. The van der Waals surface area contributed by atoms with E-state index in [4.69, 9.17) is 0 Å². The molecule has 0 atom stereocenters. The van der Waals surface area contributed by atoms with Gasteiger partial charge in [0, 0.05) is 0 Å². The molecule has 0 radical (unpaired) electrons. The van der Waals surface area contributed by atoms with Crippen molar-refractivity contribution in [1.29, 1.82) is 0 Å². The number of unbranched alkanes of at least 4 members (excludes halogenated alkanes) is 5. The van der Waals surface area contributed by atoms with Gasteiger partial charge in [-0.15, -0.1) is 0 Å². The summed E-state index contributed by atoms with van der Waals surface area (Å²) < 4.78 is 0. The van der Waals surface area contributed by atoms with Gasteiger partial charge in [0.15, 0.2) is 0 Å². The molecule has 0 aliphatic rings. The molecule has 0 fully saturated rings. The smallest absolute Gasteiger partial charge is 0.0169 e. The first-order chi connectivity index (χ1) is 8.91. The monoisotopic (exact) mass is 246 g/mol. The van der Waals surface area contributed by atoms with E-state index in [1.165, 1.54) is 44.9 Å². The van der Waals surface area contributed by atoms with Gasteiger partial charge in [-0.2, -0.15) is 0 Å². The summed E-state index contributed by atoms with van der Waals surface area (Å²) in [6, 6.07) is 0. The van der Waals surface area contributed by atoms with Gasteiger partial charge in [0.05, 0.1) is 0 Å². The third-order valence-corrected chi connectivity index (χ3v) is 2.77. The molecule has 102 valence electrons. The second kappa shape index (κ2) is 16.0. The Kier molecular flexibility index (Phi) is 15.0. The lowest BCUT2D eigenvalue weighted by Gasteiger charge is -1.92. The molecule has 18 heavy (non-hydrogen) atoms. The number of allylic oxidation sites excluding steroid dienone is 8. The fourth-order valence-electron chi connectivity index (χ4n) is 1.62. The molecule has 0 nitrogen and oxygen atoms in total. The van der Waals surface area contributed by atoms with Gasteiger partial charge < -0.3 is 0 Å². The second-order valence-corrected chi connectivity index (χ2v) is 4.56. The van der Waals surface area contributed by atoms with Crippen LogP contribution in [-0.4, -0.2) is 0 Å². The molecule has 0 saturated carbocycles. The Morgan fingerprint density at radius 2 is 1.28 bits per heavy atom. The van der Waals surface area contributed by atoms with E-state index < -0.39 is 0 Å². The van der Waals surface area contributed by atoms with E-state index >= 15 is 0 Å². The second-order valence-electron chi connectivity index (χ2n) is 4.56. The van der Waals surface area contributed by atoms with Gasteiger partial charge in [-0.05, 0) is 45.4 Å². The van der Waals surface area contributed by atoms with Crippen LogP contribution < -0.4 is 0 Å². The zero-order chi connectivity index (χ0) is 13.3. The van der Waals surface area contributed by atoms with Gasteiger partial charge in [0.25, 0.3) is 0 Å². The first-order valence-electron chi connectivity index (χ1n) is 7.49. The highest BCUT2D eigenvalue weighted by molar-refractivity contribution is 5.02. The van der Waals surface area contributed by atoms with Crippen molar-refractivity contribution in [3.05, 3.63) is 48.6 Å². The molecule has 0 heteroatoms. The lowest BCUT2D eigenvalue weighted by molar-refractivity contribution is 0.761. The van der Waals surface area contributed by atoms with E-state index in [-0.39, 0.29) is 0 Å². The molecule has 0 rings (SSSR count). The van der Waals surface area contributed by atoms with E-state index in [1.54, 1.807) is 0 Å². The Bertz CT molecular complexity index is 253. The maximum absolute atomic E-state index is 2.30. The van der Waals surface area contributed by atoms with Gasteiger partial charge >= 0.3 is 0 Å². The molecule has 0 N–H and O–H groups in total. The molecule has 0 aromatic carbocycles. The third kappa shape index (κ3) is 15.0. The first-order valence-corrected chi connectivity index (χ1v) is 7.49. The van der Waals surface area contributed by atoms with E-state index in [2.05, 4.69) is 62.5 Å². The van der Waals surface area contributed by atoms with Gasteiger partial charge in [0.2, 0.25) is 0 Å². The number of hydrogen-bond donors (Lipinski definition) is 0. The van der Waals surface area contributed by atoms with Crippen molar-refractivity contribution < 1.29 is 0 Å². The summed E-state index contributed by atoms with van der Waals surface area (Å²) in [4.78, 5) is 0. The van der Waals surface area contributed by atoms with Crippen molar-refractivity contribution in [2.45, 2.75) is 65.2 Å². The molecule has 0 aliphatic heterocycles. The van der Waals surface area contributed by atoms with Crippen molar-refractivity contribution in [1.82, 2.24) is 0 Å². The Labute approximate surface area is 114 Å². The first kappa shape index (κ1) is 17.0. The van der Waals surface area contributed by atoms with Crippen LogP contribution in [-0.2, 0) is 0 Å². The summed E-state index contributed by atoms with van der Waals surface area (Å²) in [6.45, 7) is 4.30. The maximum Gasteiger partial charge on any atom is -0.0169 e. The van der Waals surface area contributed by atoms with E-state index in [9.17, 15) is 0 Å². The standard InChI is InChI=1S/C18H30/c1-3-5-7-9-11-13-15-17-18-16-14-12-10-8-6-4-2/h3,5,9-12,14,16H,4,6-8,13,15,17-18H2,1-2H3. The van der Waals surface area contributed by atoms with Crippen LogP contribution in [0, 0.1) is 0 Å². The van der Waals surface area contributed by atoms with Gasteiger partial charge in [-0.3, -0.25) is 0 Å². The highest BCUT2D eigenvalue weighted by atomic mass is 13.9. The number of hydrogen-bond acceptors (Lipinski definition) is 0. The van der Waals surface area contributed by atoms with E-state index in [1.807, 2.05) is 0 Å². The lowest BCUT2D eigenvalue weighted by Crippen LogP contribution is -1.72. The molecule has 0 bridgehead atoms. The Morgan fingerprint density at radius 1 is 0.667 bits per heavy atom. The summed E-state index contributed by atoms with van der Waals surface area (Å²) in [6.07, 6.45) is 27.7. The largest absolute Gasteiger partial charge is 0.0914 e. The van der Waals surface area contributed by atoms with Gasteiger partial charge in [-0.25, -0.2) is 0 Å². The summed E-state index contributed by atoms with van der Waals surface area (Å²) in [5, 5.41) is 0. The molecule has 0 amide bonds. The van der Waals surface area contributed by atoms with Crippen molar-refractivity contribution in [2.24, 2.45) is 0 Å². The zero-order valence-corrected chi connectivity index (χ0v) is 12.3. The minimum atomic E-state index is 1.08. The molecule has 0 unspecified atom stereocenters. The van der Waals surface area contributed by atoms with Crippen LogP contribution in [0.25, 0.3) is 0 Å². The molecule has 0 heterocycles. The van der Waals surface area contributed by atoms with Gasteiger partial charge in [-0.1, -0.05) is 68.4 Å². The minimum Gasteiger partial charge on any atom is -0.0914 e. The van der Waals surface area contributed by atoms with Crippen LogP contribution in [0.3, 0.4) is 0 Å². The van der Waals surface area contributed by atoms with E-state index in [0.29, 0.717) is 0 Å². The molecule has 0 aromatic rings. The fraction of sp³-hybridized carbons (Fsp3) is 0.556. The molecule has 0 spiro atoms. The van der Waals surface area contributed by atoms with Crippen LogP contribution >= 0.6 is 0 Å². The molecular weight excluding hydrogens is 216 g/mol. The Balaban J connectivity index is 3.26. The topological polar surface area (TPSA) is 0 Å². The summed E-state index contributed by atoms with van der Waals surface area (Å²) >= 11 is 0. The van der Waals surface area contributed by atoms with E-state index in [0.717, 1.165) is 6.42 Å². The van der Waals surface area contributed by atoms with Crippen LogP contribution in [0.5, 0.6) is 0 Å². The number of rotatable bonds is 11. The average Bonchev–Trinajstić information content (AvgIpc) is 2.39. The van der Waals surface area contributed by atoms with Crippen LogP contribution in [0.15, 0.2) is 48.6 Å². The van der Waals surface area contributed by atoms with Crippen LogP contribution in [0.4, 0.5) is 0 Å². The fourth-order valence-corrected chi connectivity index (χ4v) is 1.62. The molecular formula is C18H30. The van der Waals surface area contributed by atoms with Crippen molar-refractivity contribution in [3.8, 4) is 0 Å². The highest BCUT2D eigenvalue weighted by Crippen LogP contribution is 2.03. The summed E-state index contributed by atoms with van der Waals surface area (Å²) in [5.74, 6) is 0. The Hall–Kier alpha value is -1.04. The maximum atomic E-state index is 2.30. The quantitative estimate of drug-likeness (QED) is 0.226. The zero-order valence-electron chi connectivity index (χ0n) is 12.3. The van der Waals surface area contributed by atoms with Crippen molar-refractivity contribution in [3.63, 3.8) is 0 Å². The normalized spacial score (nSPS) is 12.8. The molecule has 0 aromatic heterocycles. The van der Waals surface area contributed by atoms with Crippen molar-refractivity contribution >= 4 is 0 Å². The van der Waals surface area contributed by atoms with Crippen LogP contribution in [0.2, 0.25) is 0 Å². The average molecular weight is 246 g/mol. The SMILES string of the molecule is CC=CCC=CCCCCC=CC=CCCCC. The molecule has 0 aliphatic carbocycles. The van der Waals surface area contributed by atoms with Crippen molar-refractivity contribution in [2.75, 3.05) is 0 Å². The Morgan fingerprint density at radius 3 is 1.89 bits per heavy atom. The third-order valence-electron chi connectivity index (χ3n) is 2.77. The van der Waals surface area contributed by atoms with Gasteiger partial charge in [0.1, 0.15) is 0 Å². The molecule has 0 saturated heterocycles.